The lowest BCUT2D eigenvalue weighted by atomic mass is 10.0. The van der Waals surface area contributed by atoms with Crippen LogP contribution in [0.4, 0.5) is 4.39 Å². The van der Waals surface area contributed by atoms with Crippen LogP contribution in [0, 0.1) is 5.82 Å². The topological polar surface area (TPSA) is 19.0 Å². The van der Waals surface area contributed by atoms with Gasteiger partial charge >= 0.3 is 0 Å². The van der Waals surface area contributed by atoms with Gasteiger partial charge in [-0.05, 0) is 35.9 Å². The van der Waals surface area contributed by atoms with Crippen LogP contribution in [-0.2, 0) is 13.0 Å². The molecule has 2 aromatic rings. The van der Waals surface area contributed by atoms with Gasteiger partial charge in [-0.2, -0.15) is 11.8 Å². The van der Waals surface area contributed by atoms with E-state index in [-0.39, 0.29) is 5.82 Å². The molecule has 1 aromatic carbocycles. The third kappa shape index (κ3) is 1.98. The molecule has 2 aliphatic heterocycles. The molecule has 0 bridgehead atoms. The molecule has 4 rings (SSSR count). The van der Waals surface area contributed by atoms with Crippen LogP contribution in [0.3, 0.4) is 0 Å². The number of thioether (sulfide) groups is 1. The van der Waals surface area contributed by atoms with Gasteiger partial charge in [0.25, 0.3) is 0 Å². The summed E-state index contributed by atoms with van der Waals surface area (Å²) in [5, 5.41) is 1.07. The molecule has 0 aliphatic carbocycles. The lowest BCUT2D eigenvalue weighted by molar-refractivity contribution is 0.195. The normalized spacial score (nSPS) is 23.9. The molecule has 1 saturated heterocycles. The van der Waals surface area contributed by atoms with Gasteiger partial charge < -0.3 is 4.98 Å². The van der Waals surface area contributed by atoms with Gasteiger partial charge in [-0.1, -0.05) is 0 Å². The Balaban J connectivity index is 1.72. The number of aromatic nitrogens is 1. The van der Waals surface area contributed by atoms with Crippen molar-refractivity contribution in [3.8, 4) is 0 Å². The van der Waals surface area contributed by atoms with Crippen LogP contribution in [0.2, 0.25) is 0 Å². The third-order valence-corrected chi connectivity index (χ3v) is 5.53. The van der Waals surface area contributed by atoms with E-state index in [0.29, 0.717) is 0 Å². The summed E-state index contributed by atoms with van der Waals surface area (Å²) in [6, 6.07) is 5.79. The fourth-order valence-corrected chi connectivity index (χ4v) is 4.58. The fraction of sp³-hybridized carbons (Fsp3) is 0.467. The van der Waals surface area contributed by atoms with E-state index in [4.69, 9.17) is 0 Å². The highest BCUT2D eigenvalue weighted by Crippen LogP contribution is 2.31. The first kappa shape index (κ1) is 11.8. The Kier molecular flexibility index (Phi) is 2.81. The summed E-state index contributed by atoms with van der Waals surface area (Å²) in [7, 11) is 0. The number of hydrogen-bond donors (Lipinski definition) is 1. The maximum absolute atomic E-state index is 13.5. The highest BCUT2D eigenvalue weighted by Gasteiger charge is 2.28. The zero-order chi connectivity index (χ0) is 12.8. The Labute approximate surface area is 116 Å². The maximum Gasteiger partial charge on any atom is 0.123 e. The van der Waals surface area contributed by atoms with Crippen LogP contribution in [0.15, 0.2) is 18.2 Å². The second kappa shape index (κ2) is 4.53. The molecule has 3 heterocycles. The molecule has 2 aliphatic rings. The first-order valence-electron chi connectivity index (χ1n) is 6.92. The van der Waals surface area contributed by atoms with E-state index in [1.54, 1.807) is 6.07 Å². The largest absolute Gasteiger partial charge is 0.358 e. The Bertz CT molecular complexity index is 616. The number of nitrogens with one attached hydrogen (secondary N) is 1. The summed E-state index contributed by atoms with van der Waals surface area (Å²) in [5.41, 5.74) is 3.70. The Morgan fingerprint density at radius 3 is 3.16 bits per heavy atom. The minimum atomic E-state index is -0.136. The van der Waals surface area contributed by atoms with Crippen LogP contribution < -0.4 is 0 Å². The molecule has 1 atom stereocenters. The lowest BCUT2D eigenvalue weighted by Crippen LogP contribution is -2.39. The van der Waals surface area contributed by atoms with Gasteiger partial charge in [0.05, 0.1) is 0 Å². The van der Waals surface area contributed by atoms with Crippen molar-refractivity contribution in [2.24, 2.45) is 0 Å². The van der Waals surface area contributed by atoms with Crippen molar-refractivity contribution < 1.29 is 4.39 Å². The summed E-state index contributed by atoms with van der Waals surface area (Å²) < 4.78 is 13.5. The minimum absolute atomic E-state index is 0.136. The van der Waals surface area contributed by atoms with Crippen molar-refractivity contribution in [3.05, 3.63) is 35.3 Å². The van der Waals surface area contributed by atoms with Gasteiger partial charge in [0.15, 0.2) is 0 Å². The number of rotatable bonds is 1. The number of aromatic amines is 1. The van der Waals surface area contributed by atoms with Gasteiger partial charge in [-0.3, -0.25) is 4.90 Å². The standard InChI is InChI=1S/C15H17FN2S/c16-10-1-2-14-12(7-10)13-8-18(5-3-15(13)17-14)11-4-6-19-9-11/h1-2,7,11,17H,3-6,8-9H2/t11-/m1/s1. The molecule has 2 nitrogen and oxygen atoms in total. The third-order valence-electron chi connectivity index (χ3n) is 4.39. The molecule has 0 amide bonds. The lowest BCUT2D eigenvalue weighted by Gasteiger charge is -2.32. The highest BCUT2D eigenvalue weighted by molar-refractivity contribution is 7.99. The molecule has 0 unspecified atom stereocenters. The van der Waals surface area contributed by atoms with Crippen molar-refractivity contribution in [2.45, 2.75) is 25.4 Å². The van der Waals surface area contributed by atoms with E-state index in [2.05, 4.69) is 21.6 Å². The van der Waals surface area contributed by atoms with Crippen molar-refractivity contribution in [1.82, 2.24) is 9.88 Å². The smallest absolute Gasteiger partial charge is 0.123 e. The van der Waals surface area contributed by atoms with Crippen molar-refractivity contribution in [1.29, 1.82) is 0 Å². The summed E-state index contributed by atoms with van der Waals surface area (Å²) in [6.07, 6.45) is 2.36. The van der Waals surface area contributed by atoms with Gasteiger partial charge in [0.2, 0.25) is 0 Å². The molecule has 1 fully saturated rings. The summed E-state index contributed by atoms with van der Waals surface area (Å²) in [5.74, 6) is 2.41. The van der Waals surface area contributed by atoms with Crippen molar-refractivity contribution in [3.63, 3.8) is 0 Å². The SMILES string of the molecule is Fc1ccc2[nH]c3c(c2c1)CN([C@@H]1CCSC1)CC3. The molecule has 4 heteroatoms. The first-order chi connectivity index (χ1) is 9.31. The molecule has 1 N–H and O–H groups in total. The number of fused-ring (bicyclic) bond motifs is 3. The zero-order valence-electron chi connectivity index (χ0n) is 10.8. The van der Waals surface area contributed by atoms with E-state index in [1.165, 1.54) is 35.3 Å². The van der Waals surface area contributed by atoms with Gasteiger partial charge in [0.1, 0.15) is 5.82 Å². The van der Waals surface area contributed by atoms with E-state index in [0.717, 1.165) is 36.5 Å². The van der Waals surface area contributed by atoms with E-state index >= 15 is 0 Å². The van der Waals surface area contributed by atoms with E-state index < -0.39 is 0 Å². The molecule has 19 heavy (non-hydrogen) atoms. The Morgan fingerprint density at radius 1 is 1.37 bits per heavy atom. The van der Waals surface area contributed by atoms with Crippen molar-refractivity contribution in [2.75, 3.05) is 18.1 Å². The number of halogens is 1. The number of nitrogens with zero attached hydrogens (tertiary/aromatic N) is 1. The Morgan fingerprint density at radius 2 is 2.32 bits per heavy atom. The fourth-order valence-electron chi connectivity index (χ4n) is 3.33. The second-order valence-corrected chi connectivity index (χ2v) is 6.66. The average Bonchev–Trinajstić information content (AvgIpc) is 3.05. The van der Waals surface area contributed by atoms with Crippen LogP contribution >= 0.6 is 11.8 Å². The quantitative estimate of drug-likeness (QED) is 0.862. The summed E-state index contributed by atoms with van der Waals surface area (Å²) >= 11 is 2.06. The predicted molar refractivity (Wildman–Crippen MR) is 78.1 cm³/mol. The molecule has 0 spiro atoms. The highest BCUT2D eigenvalue weighted by atomic mass is 32.2. The first-order valence-corrected chi connectivity index (χ1v) is 8.07. The monoisotopic (exact) mass is 276 g/mol. The Hall–Kier alpha value is -1.00. The number of H-pyrrole nitrogens is 1. The van der Waals surface area contributed by atoms with Gasteiger partial charge in [0, 0.05) is 47.9 Å². The zero-order valence-corrected chi connectivity index (χ0v) is 11.6. The summed E-state index contributed by atoms with van der Waals surface area (Å²) in [6.45, 7) is 2.11. The van der Waals surface area contributed by atoms with Gasteiger partial charge in [-0.25, -0.2) is 4.39 Å². The van der Waals surface area contributed by atoms with Crippen LogP contribution in [0.1, 0.15) is 17.7 Å². The summed E-state index contributed by atoms with van der Waals surface area (Å²) in [4.78, 5) is 6.04. The maximum atomic E-state index is 13.5. The molecule has 100 valence electrons. The second-order valence-electron chi connectivity index (χ2n) is 5.51. The van der Waals surface area contributed by atoms with Crippen molar-refractivity contribution >= 4 is 22.7 Å². The number of benzene rings is 1. The molecule has 0 saturated carbocycles. The van der Waals surface area contributed by atoms with Crippen LogP contribution in [0.5, 0.6) is 0 Å². The van der Waals surface area contributed by atoms with E-state index in [9.17, 15) is 4.39 Å². The van der Waals surface area contributed by atoms with Crippen LogP contribution in [0.25, 0.3) is 10.9 Å². The minimum Gasteiger partial charge on any atom is -0.358 e. The molecule has 0 radical (unpaired) electrons. The predicted octanol–water partition coefficient (Wildman–Crippen LogP) is 3.17. The van der Waals surface area contributed by atoms with E-state index in [1.807, 2.05) is 6.07 Å². The average molecular weight is 276 g/mol. The molecular weight excluding hydrogens is 259 g/mol. The number of hydrogen-bond acceptors (Lipinski definition) is 2. The molecule has 1 aromatic heterocycles. The molecular formula is C15H17FN2S. The van der Waals surface area contributed by atoms with Crippen LogP contribution in [-0.4, -0.2) is 34.0 Å². The van der Waals surface area contributed by atoms with Gasteiger partial charge in [-0.15, -0.1) is 0 Å².